The lowest BCUT2D eigenvalue weighted by Crippen LogP contribution is -2.32. The molecule has 1 amide bonds. The van der Waals surface area contributed by atoms with Crippen LogP contribution in [0.3, 0.4) is 0 Å². The zero-order valence-corrected chi connectivity index (χ0v) is 19.0. The first-order valence-electron chi connectivity index (χ1n) is 11.3. The van der Waals surface area contributed by atoms with Crippen LogP contribution in [0, 0.1) is 0 Å². The van der Waals surface area contributed by atoms with Crippen molar-refractivity contribution in [3.63, 3.8) is 0 Å². The lowest BCUT2D eigenvalue weighted by atomic mass is 10.1. The van der Waals surface area contributed by atoms with Gasteiger partial charge in [0.05, 0.1) is 17.7 Å². The minimum absolute atomic E-state index is 0.169. The van der Waals surface area contributed by atoms with Gasteiger partial charge in [0.2, 0.25) is 0 Å². The molecule has 1 aliphatic rings. The molecule has 2 heterocycles. The number of hydrogen-bond donors (Lipinski definition) is 2. The maximum absolute atomic E-state index is 12.2. The fourth-order valence-electron chi connectivity index (χ4n) is 3.44. The van der Waals surface area contributed by atoms with Crippen molar-refractivity contribution in [2.75, 3.05) is 36.5 Å². The summed E-state index contributed by atoms with van der Waals surface area (Å²) < 4.78 is 5.17. The van der Waals surface area contributed by atoms with E-state index in [9.17, 15) is 9.59 Å². The second-order valence-electron chi connectivity index (χ2n) is 7.79. The Bertz CT molecular complexity index is 956. The molecule has 2 aromatic rings. The number of piperidine rings is 1. The summed E-state index contributed by atoms with van der Waals surface area (Å²) >= 11 is 0. The third-order valence-electron chi connectivity index (χ3n) is 5.21. The van der Waals surface area contributed by atoms with E-state index in [0.717, 1.165) is 44.6 Å². The SMILES string of the molecule is CCCCOC(=O)c1ccc(NC(=O)CO/N=C(/N)c2cccnc2N2CCCCC2)cc1. The molecular weight excluding hydrogens is 422 g/mol. The van der Waals surface area contributed by atoms with E-state index in [1.807, 2.05) is 13.0 Å². The summed E-state index contributed by atoms with van der Waals surface area (Å²) in [5.41, 5.74) is 7.76. The third kappa shape index (κ3) is 7.20. The fraction of sp³-hybridized carbons (Fsp3) is 0.417. The Kier molecular flexibility index (Phi) is 9.05. The van der Waals surface area contributed by atoms with E-state index in [1.165, 1.54) is 6.42 Å². The maximum Gasteiger partial charge on any atom is 0.338 e. The van der Waals surface area contributed by atoms with Crippen LogP contribution in [0.1, 0.15) is 54.9 Å². The quantitative estimate of drug-likeness (QED) is 0.186. The smallest absolute Gasteiger partial charge is 0.338 e. The molecule has 0 radical (unpaired) electrons. The first kappa shape index (κ1) is 24.0. The number of nitrogens with zero attached hydrogens (tertiary/aromatic N) is 3. The normalized spacial score (nSPS) is 14.0. The second kappa shape index (κ2) is 12.4. The first-order valence-corrected chi connectivity index (χ1v) is 11.3. The molecule has 3 rings (SSSR count). The largest absolute Gasteiger partial charge is 0.462 e. The van der Waals surface area contributed by atoms with Crippen LogP contribution in [-0.2, 0) is 14.4 Å². The molecule has 176 valence electrons. The number of unbranched alkanes of at least 4 members (excludes halogenated alkanes) is 1. The van der Waals surface area contributed by atoms with Crippen LogP contribution in [-0.4, -0.2) is 49.0 Å². The summed E-state index contributed by atoms with van der Waals surface area (Å²) in [4.78, 5) is 35.9. The van der Waals surface area contributed by atoms with Gasteiger partial charge in [0.25, 0.3) is 5.91 Å². The average molecular weight is 454 g/mol. The minimum atomic E-state index is -0.396. The number of aromatic nitrogens is 1. The van der Waals surface area contributed by atoms with Crippen molar-refractivity contribution in [2.24, 2.45) is 10.9 Å². The Hall–Kier alpha value is -3.62. The van der Waals surface area contributed by atoms with Crippen LogP contribution in [0.4, 0.5) is 11.5 Å². The van der Waals surface area contributed by atoms with Gasteiger partial charge in [0, 0.05) is 25.0 Å². The number of carbonyl (C=O) groups excluding carboxylic acids is 2. The van der Waals surface area contributed by atoms with Crippen LogP contribution < -0.4 is 16.0 Å². The number of nitrogens with two attached hydrogens (primary N) is 1. The van der Waals surface area contributed by atoms with E-state index in [-0.39, 0.29) is 18.4 Å². The highest BCUT2D eigenvalue weighted by Gasteiger charge is 2.17. The lowest BCUT2D eigenvalue weighted by molar-refractivity contribution is -0.120. The molecule has 0 saturated carbocycles. The number of amides is 1. The van der Waals surface area contributed by atoms with E-state index in [0.29, 0.717) is 23.4 Å². The zero-order chi connectivity index (χ0) is 23.5. The molecule has 1 aromatic heterocycles. The van der Waals surface area contributed by atoms with Crippen molar-refractivity contribution in [2.45, 2.75) is 39.0 Å². The number of ether oxygens (including phenoxy) is 1. The van der Waals surface area contributed by atoms with Gasteiger partial charge in [0.1, 0.15) is 5.82 Å². The third-order valence-corrected chi connectivity index (χ3v) is 5.21. The topological polar surface area (TPSA) is 119 Å². The predicted octanol–water partition coefficient (Wildman–Crippen LogP) is 3.30. The van der Waals surface area contributed by atoms with Crippen molar-refractivity contribution in [1.29, 1.82) is 0 Å². The van der Waals surface area contributed by atoms with Crippen molar-refractivity contribution < 1.29 is 19.2 Å². The van der Waals surface area contributed by atoms with Crippen LogP contribution in [0.15, 0.2) is 47.8 Å². The Morgan fingerprint density at radius 2 is 1.91 bits per heavy atom. The monoisotopic (exact) mass is 453 g/mol. The molecule has 1 fully saturated rings. The van der Waals surface area contributed by atoms with E-state index in [2.05, 4.69) is 20.4 Å². The van der Waals surface area contributed by atoms with Crippen LogP contribution in [0.25, 0.3) is 0 Å². The molecule has 0 aliphatic carbocycles. The summed E-state index contributed by atoms with van der Waals surface area (Å²) in [6, 6.07) is 10.1. The van der Waals surface area contributed by atoms with Gasteiger partial charge >= 0.3 is 5.97 Å². The summed E-state index contributed by atoms with van der Waals surface area (Å²) in [6.07, 6.45) is 6.96. The number of pyridine rings is 1. The van der Waals surface area contributed by atoms with E-state index >= 15 is 0 Å². The van der Waals surface area contributed by atoms with Crippen LogP contribution >= 0.6 is 0 Å². The molecule has 3 N–H and O–H groups in total. The first-order chi connectivity index (χ1) is 16.1. The summed E-state index contributed by atoms with van der Waals surface area (Å²) in [6.45, 7) is 3.97. The predicted molar refractivity (Wildman–Crippen MR) is 127 cm³/mol. The molecule has 0 unspecified atom stereocenters. The number of amidine groups is 1. The number of hydrogen-bond acceptors (Lipinski definition) is 7. The summed E-state index contributed by atoms with van der Waals surface area (Å²) in [7, 11) is 0. The van der Waals surface area contributed by atoms with E-state index in [4.69, 9.17) is 15.3 Å². The molecule has 33 heavy (non-hydrogen) atoms. The molecule has 9 heteroatoms. The standard InChI is InChI=1S/C24H31N5O4/c1-2-3-16-32-24(31)18-9-11-19(12-10-18)27-21(30)17-33-28-22(25)20-8-7-13-26-23(20)29-14-5-4-6-15-29/h7-13H,2-6,14-17H2,1H3,(H2,25,28)(H,27,30). The highest BCUT2D eigenvalue weighted by atomic mass is 16.6. The molecule has 0 spiro atoms. The second-order valence-corrected chi connectivity index (χ2v) is 7.79. The fourth-order valence-corrected chi connectivity index (χ4v) is 3.44. The van der Waals surface area contributed by atoms with Crippen molar-refractivity contribution >= 4 is 29.2 Å². The molecule has 0 atom stereocenters. The minimum Gasteiger partial charge on any atom is -0.462 e. The average Bonchev–Trinajstić information content (AvgIpc) is 2.85. The van der Waals surface area contributed by atoms with Crippen LogP contribution in [0.2, 0.25) is 0 Å². The number of oxime groups is 1. The molecule has 1 aliphatic heterocycles. The van der Waals surface area contributed by atoms with Crippen molar-refractivity contribution in [3.05, 3.63) is 53.7 Å². The Morgan fingerprint density at radius 3 is 2.64 bits per heavy atom. The number of rotatable bonds is 10. The van der Waals surface area contributed by atoms with Gasteiger partial charge < -0.3 is 25.5 Å². The van der Waals surface area contributed by atoms with Gasteiger partial charge in [0.15, 0.2) is 12.4 Å². The number of anilines is 2. The Labute approximate surface area is 193 Å². The number of nitrogens with one attached hydrogen (secondary N) is 1. The van der Waals surface area contributed by atoms with Crippen molar-refractivity contribution in [1.82, 2.24) is 4.98 Å². The van der Waals surface area contributed by atoms with E-state index < -0.39 is 5.91 Å². The number of carbonyl (C=O) groups is 2. The number of benzene rings is 1. The highest BCUT2D eigenvalue weighted by Crippen LogP contribution is 2.21. The van der Waals surface area contributed by atoms with Crippen molar-refractivity contribution in [3.8, 4) is 0 Å². The number of esters is 1. The molecule has 1 saturated heterocycles. The Morgan fingerprint density at radius 1 is 1.15 bits per heavy atom. The Balaban J connectivity index is 1.50. The van der Waals surface area contributed by atoms with Gasteiger partial charge in [-0.25, -0.2) is 9.78 Å². The summed E-state index contributed by atoms with van der Waals surface area (Å²) in [5, 5.41) is 6.60. The molecular formula is C24H31N5O4. The molecule has 9 nitrogen and oxygen atoms in total. The lowest BCUT2D eigenvalue weighted by Gasteiger charge is -2.29. The molecule has 0 bridgehead atoms. The van der Waals surface area contributed by atoms with Gasteiger partial charge in [-0.15, -0.1) is 0 Å². The van der Waals surface area contributed by atoms with Gasteiger partial charge in [-0.2, -0.15) is 0 Å². The van der Waals surface area contributed by atoms with Gasteiger partial charge in [-0.1, -0.05) is 18.5 Å². The maximum atomic E-state index is 12.2. The van der Waals surface area contributed by atoms with Gasteiger partial charge in [-0.3, -0.25) is 4.79 Å². The highest BCUT2D eigenvalue weighted by molar-refractivity contribution is 6.01. The molecule has 1 aromatic carbocycles. The summed E-state index contributed by atoms with van der Waals surface area (Å²) in [5.74, 6) is 0.170. The van der Waals surface area contributed by atoms with E-state index in [1.54, 1.807) is 36.5 Å². The van der Waals surface area contributed by atoms with Crippen LogP contribution in [0.5, 0.6) is 0 Å². The van der Waals surface area contributed by atoms with Gasteiger partial charge in [-0.05, 0) is 62.1 Å². The zero-order valence-electron chi connectivity index (χ0n) is 19.0.